The Labute approximate surface area is 258 Å². The summed E-state index contributed by atoms with van der Waals surface area (Å²) in [5.74, 6) is -1.03. The molecule has 5 atom stereocenters. The molecule has 238 valence electrons. The highest BCUT2D eigenvalue weighted by Gasteiger charge is 2.38. The first-order chi connectivity index (χ1) is 20.3. The number of hydrogen-bond donors (Lipinski definition) is 1. The lowest BCUT2D eigenvalue weighted by Crippen LogP contribution is -2.57. The van der Waals surface area contributed by atoms with Gasteiger partial charge >= 0.3 is 5.97 Å². The van der Waals surface area contributed by atoms with E-state index in [4.69, 9.17) is 4.74 Å². The molecule has 0 bridgehead atoms. The maximum absolute atomic E-state index is 13.8. The van der Waals surface area contributed by atoms with E-state index >= 15 is 0 Å². The van der Waals surface area contributed by atoms with Crippen LogP contribution in [0.1, 0.15) is 85.3 Å². The zero-order valence-electron chi connectivity index (χ0n) is 27.3. The van der Waals surface area contributed by atoms with Crippen molar-refractivity contribution in [2.45, 2.75) is 104 Å². The molecule has 0 unspecified atom stereocenters. The SMILES string of the molecule is C/C(=C\[C@H](C(C)C)N(C)C(=O)[C@@H](NC(=O)[C@H]1CCCCN1C)C(C)C)C(=O)N1CCC[C@H]1C(=O)O[C@H](C)c1ccccc1. The lowest BCUT2D eigenvalue weighted by atomic mass is 9.96. The third-order valence-electron chi connectivity index (χ3n) is 8.89. The summed E-state index contributed by atoms with van der Waals surface area (Å²) in [6.07, 6.45) is 5.53. The molecule has 0 spiro atoms. The number of carbonyl (C=O) groups is 4. The highest BCUT2D eigenvalue weighted by molar-refractivity contribution is 5.96. The van der Waals surface area contributed by atoms with Crippen LogP contribution in [-0.4, -0.2) is 89.7 Å². The lowest BCUT2D eigenvalue weighted by Gasteiger charge is -2.36. The highest BCUT2D eigenvalue weighted by atomic mass is 16.5. The summed E-state index contributed by atoms with van der Waals surface area (Å²) in [6.45, 7) is 12.8. The Morgan fingerprint density at radius 2 is 1.58 bits per heavy atom. The molecule has 2 fully saturated rings. The van der Waals surface area contributed by atoms with Crippen LogP contribution in [0.3, 0.4) is 0 Å². The first-order valence-electron chi connectivity index (χ1n) is 15.9. The molecule has 3 amide bonds. The van der Waals surface area contributed by atoms with E-state index in [1.54, 1.807) is 23.8 Å². The van der Waals surface area contributed by atoms with Gasteiger partial charge in [-0.1, -0.05) is 70.5 Å². The molecule has 43 heavy (non-hydrogen) atoms. The minimum absolute atomic E-state index is 0.00996. The van der Waals surface area contributed by atoms with Crippen molar-refractivity contribution >= 4 is 23.7 Å². The van der Waals surface area contributed by atoms with Crippen molar-refractivity contribution in [2.24, 2.45) is 11.8 Å². The van der Waals surface area contributed by atoms with E-state index in [1.165, 1.54) is 0 Å². The van der Waals surface area contributed by atoms with Gasteiger partial charge in [0.25, 0.3) is 0 Å². The number of nitrogens with zero attached hydrogens (tertiary/aromatic N) is 3. The van der Waals surface area contributed by atoms with Gasteiger partial charge in [-0.2, -0.15) is 0 Å². The summed E-state index contributed by atoms with van der Waals surface area (Å²) in [5.41, 5.74) is 1.38. The van der Waals surface area contributed by atoms with Crippen LogP contribution in [0, 0.1) is 11.8 Å². The third kappa shape index (κ3) is 8.68. The van der Waals surface area contributed by atoms with Gasteiger partial charge in [-0.05, 0) is 70.5 Å². The van der Waals surface area contributed by atoms with Gasteiger partial charge in [-0.25, -0.2) is 4.79 Å². The van der Waals surface area contributed by atoms with Crippen molar-refractivity contribution in [3.05, 3.63) is 47.5 Å². The molecule has 1 aromatic carbocycles. The Hall–Kier alpha value is -3.20. The Kier molecular flexibility index (Phi) is 12.4. The number of hydrogen-bond acceptors (Lipinski definition) is 6. The Morgan fingerprint density at radius 3 is 2.19 bits per heavy atom. The first kappa shape index (κ1) is 34.3. The number of carbonyl (C=O) groups excluding carboxylic acids is 4. The van der Waals surface area contributed by atoms with Crippen LogP contribution in [0.5, 0.6) is 0 Å². The molecule has 1 aromatic rings. The van der Waals surface area contributed by atoms with E-state index in [9.17, 15) is 19.2 Å². The van der Waals surface area contributed by atoms with Crippen LogP contribution in [-0.2, 0) is 23.9 Å². The number of piperidine rings is 1. The number of rotatable bonds is 11. The Bertz CT molecular complexity index is 1150. The molecule has 2 aliphatic heterocycles. The molecule has 0 aromatic heterocycles. The van der Waals surface area contributed by atoms with E-state index < -0.39 is 24.2 Å². The Balaban J connectivity index is 1.72. The molecule has 2 heterocycles. The van der Waals surface area contributed by atoms with E-state index in [1.807, 2.05) is 78.1 Å². The average molecular weight is 597 g/mol. The second kappa shape index (κ2) is 15.5. The van der Waals surface area contributed by atoms with Crippen LogP contribution in [0.25, 0.3) is 0 Å². The van der Waals surface area contributed by atoms with E-state index in [0.717, 1.165) is 37.8 Å². The maximum Gasteiger partial charge on any atom is 0.329 e. The fourth-order valence-electron chi connectivity index (χ4n) is 6.14. The van der Waals surface area contributed by atoms with Gasteiger partial charge < -0.3 is 19.9 Å². The summed E-state index contributed by atoms with van der Waals surface area (Å²) in [6, 6.07) is 7.61. The predicted octanol–water partition coefficient (Wildman–Crippen LogP) is 4.34. The van der Waals surface area contributed by atoms with E-state index in [0.29, 0.717) is 18.5 Å². The molecule has 0 aliphatic carbocycles. The van der Waals surface area contributed by atoms with Crippen LogP contribution in [0.2, 0.25) is 0 Å². The number of likely N-dealkylation sites (tertiary alicyclic amines) is 2. The largest absolute Gasteiger partial charge is 0.456 e. The normalized spacial score (nSPS) is 21.8. The number of benzene rings is 1. The summed E-state index contributed by atoms with van der Waals surface area (Å²) in [4.78, 5) is 59.1. The van der Waals surface area contributed by atoms with E-state index in [2.05, 4.69) is 10.2 Å². The summed E-state index contributed by atoms with van der Waals surface area (Å²) < 4.78 is 5.76. The molecule has 2 aliphatic rings. The lowest BCUT2D eigenvalue weighted by molar-refractivity contribution is -0.156. The molecule has 0 saturated carbocycles. The summed E-state index contributed by atoms with van der Waals surface area (Å²) in [5, 5.41) is 3.04. The van der Waals surface area contributed by atoms with Crippen molar-refractivity contribution in [1.29, 1.82) is 0 Å². The monoisotopic (exact) mass is 596 g/mol. The van der Waals surface area contributed by atoms with Crippen molar-refractivity contribution in [1.82, 2.24) is 20.0 Å². The van der Waals surface area contributed by atoms with Gasteiger partial charge in [0.15, 0.2) is 0 Å². The number of nitrogens with one attached hydrogen (secondary N) is 1. The van der Waals surface area contributed by atoms with Gasteiger partial charge in [0.2, 0.25) is 17.7 Å². The zero-order valence-corrected chi connectivity index (χ0v) is 27.3. The molecule has 3 rings (SSSR count). The smallest absolute Gasteiger partial charge is 0.329 e. The summed E-state index contributed by atoms with van der Waals surface area (Å²) >= 11 is 0. The molecular formula is C34H52N4O5. The quantitative estimate of drug-likeness (QED) is 0.302. The van der Waals surface area contributed by atoms with Crippen LogP contribution in [0.4, 0.5) is 0 Å². The average Bonchev–Trinajstić information content (AvgIpc) is 3.48. The molecule has 1 N–H and O–H groups in total. The van der Waals surface area contributed by atoms with Gasteiger partial charge in [0.1, 0.15) is 18.2 Å². The fraction of sp³-hybridized carbons (Fsp3) is 0.647. The van der Waals surface area contributed by atoms with Crippen LogP contribution < -0.4 is 5.32 Å². The van der Waals surface area contributed by atoms with Gasteiger partial charge in [0.05, 0.1) is 12.1 Å². The van der Waals surface area contributed by atoms with Gasteiger partial charge in [-0.3, -0.25) is 19.3 Å². The standard InChI is InChI=1S/C34H52N4O5/c1-22(2)29(37(8)33(41)30(23(3)4)35-31(39)27-17-12-13-19-36(27)7)21-24(5)32(40)38-20-14-18-28(38)34(42)43-25(6)26-15-10-9-11-16-26/h9-11,15-16,21-23,25,27-30H,12-14,17-20H2,1-8H3,(H,35,39)/b24-21+/t25-,27-,28+,29-,30+/m1/s1. The third-order valence-corrected chi connectivity index (χ3v) is 8.89. The fourth-order valence-corrected chi connectivity index (χ4v) is 6.14. The van der Waals surface area contributed by atoms with Gasteiger partial charge in [0, 0.05) is 19.2 Å². The van der Waals surface area contributed by atoms with Crippen LogP contribution in [0.15, 0.2) is 42.0 Å². The number of esters is 1. The molecule has 0 radical (unpaired) electrons. The minimum atomic E-state index is -0.678. The van der Waals surface area contributed by atoms with Crippen molar-refractivity contribution in [3.8, 4) is 0 Å². The van der Waals surface area contributed by atoms with Crippen molar-refractivity contribution < 1.29 is 23.9 Å². The second-order valence-corrected chi connectivity index (χ2v) is 12.9. The minimum Gasteiger partial charge on any atom is -0.456 e. The number of likely N-dealkylation sites (N-methyl/N-ethyl adjacent to an activating group) is 2. The topological polar surface area (TPSA) is 99.3 Å². The Morgan fingerprint density at radius 1 is 0.930 bits per heavy atom. The number of ether oxygens (including phenoxy) is 1. The zero-order chi connectivity index (χ0) is 31.8. The maximum atomic E-state index is 13.8. The highest BCUT2D eigenvalue weighted by Crippen LogP contribution is 2.26. The summed E-state index contributed by atoms with van der Waals surface area (Å²) in [7, 11) is 3.69. The number of amides is 3. The first-order valence-corrected chi connectivity index (χ1v) is 15.9. The predicted molar refractivity (Wildman–Crippen MR) is 168 cm³/mol. The van der Waals surface area contributed by atoms with Crippen LogP contribution >= 0.6 is 0 Å². The second-order valence-electron chi connectivity index (χ2n) is 12.9. The van der Waals surface area contributed by atoms with Crippen molar-refractivity contribution in [3.63, 3.8) is 0 Å². The van der Waals surface area contributed by atoms with Crippen molar-refractivity contribution in [2.75, 3.05) is 27.2 Å². The van der Waals surface area contributed by atoms with Gasteiger partial charge in [-0.15, -0.1) is 0 Å². The van der Waals surface area contributed by atoms with E-state index in [-0.39, 0.29) is 41.6 Å². The molecule has 9 nitrogen and oxygen atoms in total. The molecular weight excluding hydrogens is 544 g/mol. The molecule has 2 saturated heterocycles. The molecule has 9 heteroatoms.